The second kappa shape index (κ2) is 9.75. The van der Waals surface area contributed by atoms with Crippen LogP contribution in [0.4, 0.5) is 0 Å². The number of hydrogen-bond donors (Lipinski definition) is 4. The van der Waals surface area contributed by atoms with E-state index < -0.39 is 47.8 Å². The maximum atomic E-state index is 12.4. The molecule has 4 saturated carbocycles. The number of aliphatic hydroxyl groups excluding tert-OH is 3. The highest BCUT2D eigenvalue weighted by molar-refractivity contribution is 5.85. The molecule has 39 heavy (non-hydrogen) atoms. The number of aliphatic hydroxyl groups is 4. The molecule has 9 heteroatoms. The first-order chi connectivity index (χ1) is 18.4. The van der Waals surface area contributed by atoms with Crippen molar-refractivity contribution in [1.29, 1.82) is 0 Å². The molecule has 1 saturated heterocycles. The monoisotopic (exact) mass is 550 g/mol. The highest BCUT2D eigenvalue weighted by Crippen LogP contribution is 2.70. The van der Waals surface area contributed by atoms with Gasteiger partial charge in [-0.1, -0.05) is 13.8 Å². The molecule has 9 nitrogen and oxygen atoms in total. The summed E-state index contributed by atoms with van der Waals surface area (Å²) in [5.74, 6) is 0.260. The lowest BCUT2D eigenvalue weighted by atomic mass is 9.43. The van der Waals surface area contributed by atoms with Crippen molar-refractivity contribution in [3.05, 3.63) is 11.6 Å². The summed E-state index contributed by atoms with van der Waals surface area (Å²) in [4.78, 5) is 11.8. The normalized spacial score (nSPS) is 55.3. The first-order valence-corrected chi connectivity index (χ1v) is 14.9. The highest BCUT2D eigenvalue weighted by atomic mass is 16.7. The predicted molar refractivity (Wildman–Crippen MR) is 139 cm³/mol. The van der Waals surface area contributed by atoms with Crippen molar-refractivity contribution in [3.8, 4) is 0 Å². The Labute approximate surface area is 230 Å². The summed E-state index contributed by atoms with van der Waals surface area (Å²) in [7, 11) is 1.48. The number of esters is 1. The van der Waals surface area contributed by atoms with E-state index in [1.54, 1.807) is 6.92 Å². The Morgan fingerprint density at radius 2 is 1.79 bits per heavy atom. The van der Waals surface area contributed by atoms with Crippen molar-refractivity contribution in [2.45, 2.75) is 121 Å². The SMILES string of the molecule is CO[C@H]1[C@@H](O)[C@@H](C)OC(O[C@H]2CC[C@@]3(C)[C@H](CC[C@@H]4[C@@H]3CC[C@]3(C)[C@@H](C5=CC(=O)OC5)[C@@H](O)C[C@]43O)C2)[C@@H]1O. The molecule has 14 atom stereocenters. The smallest absolute Gasteiger partial charge is 0.331 e. The van der Waals surface area contributed by atoms with Gasteiger partial charge in [-0.2, -0.15) is 0 Å². The number of carbonyl (C=O) groups excluding carboxylic acids is 1. The molecule has 6 aliphatic rings. The summed E-state index contributed by atoms with van der Waals surface area (Å²) >= 11 is 0. The zero-order chi connectivity index (χ0) is 27.9. The van der Waals surface area contributed by atoms with E-state index in [0.717, 1.165) is 50.5 Å². The lowest BCUT2D eigenvalue weighted by molar-refractivity contribution is -0.313. The number of fused-ring (bicyclic) bond motifs is 5. The molecule has 0 amide bonds. The predicted octanol–water partition coefficient (Wildman–Crippen LogP) is 2.08. The number of hydrogen-bond acceptors (Lipinski definition) is 9. The minimum absolute atomic E-state index is 0.0547. The van der Waals surface area contributed by atoms with Gasteiger partial charge in [0.15, 0.2) is 6.29 Å². The minimum Gasteiger partial charge on any atom is -0.458 e. The molecule has 1 unspecified atom stereocenters. The Kier molecular flexibility index (Phi) is 7.02. The standard InChI is InChI=1S/C30H46O9/c1-15-24(33)26(36-4)25(34)27(38-15)39-18-7-9-28(2)17(12-18)5-6-20-19(28)8-10-29(3)23(16-11-22(32)37-14-16)21(31)13-30(20,29)35/h11,15,17-21,23-27,31,33-35H,5-10,12-14H2,1-4H3/t15-,17-,18+,19+,20-,21+,23+,24+,25-,26+,27?,28+,29-,30+/m1/s1. The van der Waals surface area contributed by atoms with Gasteiger partial charge in [-0.05, 0) is 80.6 Å². The molecule has 0 aromatic carbocycles. The average molecular weight is 551 g/mol. The number of cyclic esters (lactones) is 1. The number of rotatable bonds is 4. The van der Waals surface area contributed by atoms with Crippen LogP contribution in [0.1, 0.15) is 72.1 Å². The molecule has 0 radical (unpaired) electrons. The molecule has 220 valence electrons. The Balaban J connectivity index is 1.17. The lowest BCUT2D eigenvalue weighted by Gasteiger charge is -2.63. The quantitative estimate of drug-likeness (QED) is 0.307. The molecular formula is C30H46O9. The largest absolute Gasteiger partial charge is 0.458 e. The zero-order valence-corrected chi connectivity index (χ0v) is 23.6. The second-order valence-electron chi connectivity index (χ2n) is 13.9. The Morgan fingerprint density at radius 3 is 2.49 bits per heavy atom. The van der Waals surface area contributed by atoms with E-state index >= 15 is 0 Å². The Bertz CT molecular complexity index is 1000. The first kappa shape index (κ1) is 28.1. The molecular weight excluding hydrogens is 504 g/mol. The molecule has 0 bridgehead atoms. The zero-order valence-electron chi connectivity index (χ0n) is 23.6. The van der Waals surface area contributed by atoms with E-state index in [9.17, 15) is 25.2 Å². The van der Waals surface area contributed by atoms with Gasteiger partial charge in [0, 0.05) is 30.9 Å². The summed E-state index contributed by atoms with van der Waals surface area (Å²) < 4.78 is 22.7. The highest BCUT2D eigenvalue weighted by Gasteiger charge is 2.70. The fourth-order valence-electron chi connectivity index (χ4n) is 10.2. The first-order valence-electron chi connectivity index (χ1n) is 14.9. The van der Waals surface area contributed by atoms with Crippen LogP contribution in [0.25, 0.3) is 0 Å². The minimum atomic E-state index is -1.06. The van der Waals surface area contributed by atoms with Gasteiger partial charge >= 0.3 is 5.97 Å². The van der Waals surface area contributed by atoms with Crippen molar-refractivity contribution in [2.24, 2.45) is 34.5 Å². The number of ether oxygens (including phenoxy) is 4. The molecule has 4 N–H and O–H groups in total. The van der Waals surface area contributed by atoms with Gasteiger partial charge in [-0.15, -0.1) is 0 Å². The third kappa shape index (κ3) is 4.09. The maximum Gasteiger partial charge on any atom is 0.331 e. The topological polar surface area (TPSA) is 135 Å². The van der Waals surface area contributed by atoms with Gasteiger partial charge in [0.1, 0.15) is 24.9 Å². The summed E-state index contributed by atoms with van der Waals surface area (Å²) in [5.41, 5.74) is -0.601. The third-order valence-corrected chi connectivity index (χ3v) is 12.3. The molecule has 2 aliphatic heterocycles. The van der Waals surface area contributed by atoms with Crippen LogP contribution in [-0.2, 0) is 23.7 Å². The molecule has 6 rings (SSSR count). The van der Waals surface area contributed by atoms with E-state index in [1.807, 2.05) is 0 Å². The molecule has 5 fully saturated rings. The molecule has 4 aliphatic carbocycles. The summed E-state index contributed by atoms with van der Waals surface area (Å²) in [6.07, 6.45) is 3.40. The van der Waals surface area contributed by atoms with Gasteiger partial charge < -0.3 is 39.4 Å². The summed E-state index contributed by atoms with van der Waals surface area (Å²) in [6.45, 7) is 6.48. The van der Waals surface area contributed by atoms with Crippen LogP contribution in [0.5, 0.6) is 0 Å². The van der Waals surface area contributed by atoms with Crippen molar-refractivity contribution in [3.63, 3.8) is 0 Å². The fraction of sp³-hybridized carbons (Fsp3) is 0.900. The lowest BCUT2D eigenvalue weighted by Crippen LogP contribution is -2.62. The van der Waals surface area contributed by atoms with Crippen LogP contribution in [0.2, 0.25) is 0 Å². The van der Waals surface area contributed by atoms with E-state index in [1.165, 1.54) is 13.2 Å². The third-order valence-electron chi connectivity index (χ3n) is 12.3. The molecule has 0 spiro atoms. The number of methoxy groups -OCH3 is 1. The molecule has 2 heterocycles. The second-order valence-corrected chi connectivity index (χ2v) is 13.9. The fourth-order valence-corrected chi connectivity index (χ4v) is 10.2. The van der Waals surface area contributed by atoms with E-state index in [4.69, 9.17) is 18.9 Å². The average Bonchev–Trinajstić information content (AvgIpc) is 3.39. The van der Waals surface area contributed by atoms with Crippen LogP contribution >= 0.6 is 0 Å². The van der Waals surface area contributed by atoms with Gasteiger partial charge in [0.2, 0.25) is 0 Å². The van der Waals surface area contributed by atoms with Crippen LogP contribution in [0.3, 0.4) is 0 Å². The van der Waals surface area contributed by atoms with Crippen LogP contribution < -0.4 is 0 Å². The molecule has 0 aromatic heterocycles. The van der Waals surface area contributed by atoms with Crippen LogP contribution in [0.15, 0.2) is 11.6 Å². The van der Waals surface area contributed by atoms with Gasteiger partial charge in [-0.25, -0.2) is 4.79 Å². The summed E-state index contributed by atoms with van der Waals surface area (Å²) in [5, 5.41) is 44.7. The van der Waals surface area contributed by atoms with Crippen molar-refractivity contribution in [2.75, 3.05) is 13.7 Å². The van der Waals surface area contributed by atoms with Crippen molar-refractivity contribution < 1.29 is 44.2 Å². The van der Waals surface area contributed by atoms with Crippen molar-refractivity contribution in [1.82, 2.24) is 0 Å². The summed E-state index contributed by atoms with van der Waals surface area (Å²) in [6, 6.07) is 0. The molecule has 0 aromatic rings. The van der Waals surface area contributed by atoms with Crippen LogP contribution in [0, 0.1) is 34.5 Å². The Morgan fingerprint density at radius 1 is 1.03 bits per heavy atom. The Hall–Kier alpha value is -1.07. The number of carbonyl (C=O) groups is 1. The van der Waals surface area contributed by atoms with Gasteiger partial charge in [-0.3, -0.25) is 0 Å². The van der Waals surface area contributed by atoms with Crippen molar-refractivity contribution >= 4 is 5.97 Å². The van der Waals surface area contributed by atoms with E-state index in [2.05, 4.69) is 13.8 Å². The van der Waals surface area contributed by atoms with Crippen LogP contribution in [-0.4, -0.2) is 88.6 Å². The van der Waals surface area contributed by atoms with Gasteiger partial charge in [0.05, 0.1) is 23.9 Å². The van der Waals surface area contributed by atoms with E-state index in [-0.39, 0.29) is 35.9 Å². The maximum absolute atomic E-state index is 12.4. The van der Waals surface area contributed by atoms with Gasteiger partial charge in [0.25, 0.3) is 0 Å². The van der Waals surface area contributed by atoms with E-state index in [0.29, 0.717) is 18.3 Å².